The predicted octanol–water partition coefficient (Wildman–Crippen LogP) is 21.6. The Balaban J connectivity index is 1.03. The van der Waals surface area contributed by atoms with Crippen molar-refractivity contribution in [2.24, 2.45) is 0 Å². The Kier molecular flexibility index (Phi) is 9.48. The molecule has 16 rings (SSSR count). The SMILES string of the molecule is [2H]c1c([2H])c([2H])c(-c2ccc3c(c2)N(c2c(-c4ccccc4)cc(C(C)(C)C)cc2-c2ccccc2)c2cc(C(C)(C)C)cc4c2B3c2ccc(N(c3ccc(-n5c6c([2H])c([2H])c([2H])c([2H])c6c6c([2H])c([2H])c([2H])c([2H])c65)cc3)c3c([2H])c([2H])c([2H])c([2H])c3[2H])cc2N4c2ccccc2-c2ccccc2)c([2H])c1[2H]. The zero-order valence-electron chi connectivity index (χ0n) is 68.9. The van der Waals surface area contributed by atoms with Crippen LogP contribution in [0.1, 0.15) is 77.3 Å². The summed E-state index contributed by atoms with van der Waals surface area (Å²) in [6, 6.07) is 56.4. The molecule has 0 aliphatic carbocycles. The highest BCUT2D eigenvalue weighted by Crippen LogP contribution is 2.54. The monoisotopic (exact) mass is 1190 g/mol. The number of para-hydroxylation sites is 4. The molecule has 0 unspecified atom stereocenters. The van der Waals surface area contributed by atoms with Gasteiger partial charge in [0.05, 0.1) is 47.1 Å². The van der Waals surface area contributed by atoms with E-state index in [0.717, 1.165) is 83.6 Å². The normalized spacial score (nSPS) is 15.4. The lowest BCUT2D eigenvalue weighted by atomic mass is 9.33. The summed E-state index contributed by atoms with van der Waals surface area (Å²) >= 11 is 0. The number of hydrogen-bond acceptors (Lipinski definition) is 3. The lowest BCUT2D eigenvalue weighted by Gasteiger charge is -2.46. The summed E-state index contributed by atoms with van der Waals surface area (Å²) in [5.41, 5.74) is 14.2. The van der Waals surface area contributed by atoms with E-state index in [4.69, 9.17) is 13.7 Å². The average Bonchev–Trinajstić information content (AvgIpc) is 1.06. The van der Waals surface area contributed by atoms with Gasteiger partial charge in [-0.25, -0.2) is 0 Å². The van der Waals surface area contributed by atoms with Gasteiger partial charge >= 0.3 is 0 Å². The van der Waals surface area contributed by atoms with Crippen LogP contribution in [0.3, 0.4) is 0 Å². The second-order valence-electron chi connectivity index (χ2n) is 25.2. The largest absolute Gasteiger partial charge is 0.311 e. The highest BCUT2D eigenvalue weighted by Gasteiger charge is 2.46. The zero-order valence-corrected chi connectivity index (χ0v) is 50.9. The molecule has 3 heterocycles. The van der Waals surface area contributed by atoms with E-state index in [1.807, 2.05) is 103 Å². The molecule has 2 aliphatic heterocycles. The van der Waals surface area contributed by atoms with Gasteiger partial charge in [-0.05, 0) is 163 Å². The van der Waals surface area contributed by atoms with Gasteiger partial charge in [0.15, 0.2) is 0 Å². The minimum atomic E-state index is -0.666. The number of fused-ring (bicyclic) bond motifs is 7. The van der Waals surface area contributed by atoms with Crippen LogP contribution in [0.5, 0.6) is 0 Å². The first kappa shape index (κ1) is 39.2. The van der Waals surface area contributed by atoms with Crippen molar-refractivity contribution in [1.29, 1.82) is 0 Å². The number of anilines is 9. The highest BCUT2D eigenvalue weighted by atomic mass is 15.2. The van der Waals surface area contributed by atoms with Crippen LogP contribution in [0.25, 0.3) is 72.0 Å². The molecule has 0 saturated carbocycles. The van der Waals surface area contributed by atoms with Gasteiger partial charge in [0.2, 0.25) is 0 Å². The molecule has 0 saturated heterocycles. The molecule has 1 aromatic heterocycles. The van der Waals surface area contributed by atoms with Crippen molar-refractivity contribution < 1.29 is 24.7 Å². The van der Waals surface area contributed by atoms with Gasteiger partial charge in [-0.15, -0.1) is 0 Å². The van der Waals surface area contributed by atoms with Gasteiger partial charge in [-0.2, -0.15) is 0 Å². The molecule has 0 atom stereocenters. The van der Waals surface area contributed by atoms with Gasteiger partial charge in [-0.3, -0.25) is 0 Å². The van der Waals surface area contributed by atoms with Crippen molar-refractivity contribution in [1.82, 2.24) is 4.57 Å². The van der Waals surface area contributed by atoms with E-state index in [9.17, 15) is 11.0 Å². The summed E-state index contributed by atoms with van der Waals surface area (Å²) < 4.78 is 166. The Labute approximate surface area is 560 Å². The van der Waals surface area contributed by atoms with Crippen molar-refractivity contribution >= 4 is 96.1 Å². The fourth-order valence-electron chi connectivity index (χ4n) is 13.3. The van der Waals surface area contributed by atoms with Gasteiger partial charge in [-0.1, -0.05) is 254 Å². The van der Waals surface area contributed by atoms with E-state index in [-0.39, 0.29) is 61.9 Å². The van der Waals surface area contributed by atoms with Crippen LogP contribution >= 0.6 is 0 Å². The summed E-state index contributed by atoms with van der Waals surface area (Å²) in [6.45, 7) is 12.4. The van der Waals surface area contributed by atoms with E-state index in [2.05, 4.69) is 124 Å². The van der Waals surface area contributed by atoms with E-state index in [1.165, 1.54) is 4.57 Å². The fourth-order valence-corrected chi connectivity index (χ4v) is 13.3. The summed E-state index contributed by atoms with van der Waals surface area (Å²) in [5.74, 6) is 0. The third-order valence-electron chi connectivity index (χ3n) is 17.7. The summed E-state index contributed by atoms with van der Waals surface area (Å²) in [4.78, 5) is 6.16. The Morgan fingerprint density at radius 1 is 0.341 bits per heavy atom. The molecule has 436 valence electrons. The standard InChI is InChI=1S/C86H69BN4/c1-85(2,3)63-53-72(60-32-16-9-17-33-60)84(73(54-63)61-34-18-10-19-35-61)91-79-52-62(58-28-12-7-13-29-58)44-50-74(79)87-75-51-49-68(57-80(75)90(81-55-64(86(4,5)6)56-82(91)83(81)87)76-41-25-22-38-69(76)59-30-14-8-15-31-59)88(65-36-20-11-21-37-65)66-45-47-67(48-46-66)89-77-42-26-23-39-70(77)71-40-24-27-43-78(71)89/h7-57H,1-6H3/i7D,11D,12D,13D,20D,21D,23D,24D,26D,27D,28D,29D,36D,37D,39D,40D,42D,43D. The van der Waals surface area contributed by atoms with E-state index < -0.39 is 109 Å². The Morgan fingerprint density at radius 3 is 1.40 bits per heavy atom. The molecule has 0 bridgehead atoms. The molecule has 0 radical (unpaired) electrons. The van der Waals surface area contributed by atoms with Gasteiger partial charge in [0.1, 0.15) is 0 Å². The van der Waals surface area contributed by atoms with Gasteiger partial charge in [0.25, 0.3) is 6.71 Å². The Bertz CT molecular complexity index is 6000. The minimum Gasteiger partial charge on any atom is -0.311 e. The third-order valence-corrected chi connectivity index (χ3v) is 17.7. The second-order valence-corrected chi connectivity index (χ2v) is 25.2. The molecule has 14 aromatic rings. The Hall–Kier alpha value is -10.9. The van der Waals surface area contributed by atoms with E-state index in [0.29, 0.717) is 22.6 Å². The van der Waals surface area contributed by atoms with Crippen molar-refractivity contribution in [2.75, 3.05) is 14.7 Å². The molecule has 4 nitrogen and oxygen atoms in total. The lowest BCUT2D eigenvalue weighted by Crippen LogP contribution is -2.61. The van der Waals surface area contributed by atoms with Crippen LogP contribution in [0.2, 0.25) is 0 Å². The lowest BCUT2D eigenvalue weighted by molar-refractivity contribution is 0.590. The maximum atomic E-state index is 9.78. The maximum absolute atomic E-state index is 9.78. The first-order chi connectivity index (χ1) is 51.9. The van der Waals surface area contributed by atoms with Crippen LogP contribution in [-0.2, 0) is 10.8 Å². The topological polar surface area (TPSA) is 14.7 Å². The van der Waals surface area contributed by atoms with Crippen LogP contribution in [-0.4, -0.2) is 11.3 Å². The molecule has 5 heteroatoms. The third kappa shape index (κ3) is 9.54. The summed E-state index contributed by atoms with van der Waals surface area (Å²) in [5, 5.41) is -0.222. The predicted molar refractivity (Wildman–Crippen MR) is 389 cm³/mol. The van der Waals surface area contributed by atoms with E-state index in [1.54, 1.807) is 29.2 Å². The summed E-state index contributed by atoms with van der Waals surface area (Å²) in [6.07, 6.45) is 0. The highest BCUT2D eigenvalue weighted by molar-refractivity contribution is 7.00. The molecular weight excluding hydrogens is 1100 g/mol. The van der Waals surface area contributed by atoms with Crippen molar-refractivity contribution in [2.45, 2.75) is 52.4 Å². The second kappa shape index (κ2) is 22.0. The molecule has 0 spiro atoms. The number of rotatable bonds is 10. The maximum Gasteiger partial charge on any atom is 0.252 e. The van der Waals surface area contributed by atoms with Crippen LogP contribution in [0.4, 0.5) is 51.2 Å². The smallest absolute Gasteiger partial charge is 0.252 e. The molecule has 0 amide bonds. The van der Waals surface area contributed by atoms with Crippen LogP contribution in [0.15, 0.2) is 309 Å². The molecule has 13 aromatic carbocycles. The number of benzene rings is 13. The first-order valence-corrected chi connectivity index (χ1v) is 30.5. The molecule has 0 N–H and O–H groups in total. The van der Waals surface area contributed by atoms with Crippen molar-refractivity contribution in [3.63, 3.8) is 0 Å². The fraction of sp³-hybridized carbons (Fsp3) is 0.0930. The zero-order chi connectivity index (χ0) is 77.2. The number of hydrogen-bond donors (Lipinski definition) is 0. The summed E-state index contributed by atoms with van der Waals surface area (Å²) in [7, 11) is 0. The van der Waals surface area contributed by atoms with Gasteiger partial charge < -0.3 is 19.3 Å². The average molecular weight is 1190 g/mol. The minimum absolute atomic E-state index is 0.0206. The number of aromatic nitrogens is 1. The molecular formula is C86H69BN4. The molecule has 2 aliphatic rings. The van der Waals surface area contributed by atoms with Crippen LogP contribution < -0.4 is 31.1 Å². The Morgan fingerprint density at radius 2 is 0.813 bits per heavy atom. The molecule has 91 heavy (non-hydrogen) atoms. The van der Waals surface area contributed by atoms with Crippen LogP contribution in [0, 0.1) is 0 Å². The molecule has 0 fully saturated rings. The van der Waals surface area contributed by atoms with E-state index >= 15 is 0 Å². The van der Waals surface area contributed by atoms with Crippen molar-refractivity contribution in [3.05, 3.63) is 320 Å². The number of nitrogens with zero attached hydrogens (tertiary/aromatic N) is 4. The van der Waals surface area contributed by atoms with Gasteiger partial charge in [0, 0.05) is 73.0 Å². The first-order valence-electron chi connectivity index (χ1n) is 39.5. The van der Waals surface area contributed by atoms with Crippen molar-refractivity contribution in [3.8, 4) is 50.2 Å². The quantitative estimate of drug-likeness (QED) is 0.127.